The third kappa shape index (κ3) is 8.72. The summed E-state index contributed by atoms with van der Waals surface area (Å²) in [7, 11) is -3.91. The smallest absolute Gasteiger partial charge is 0.307 e. The highest BCUT2D eigenvalue weighted by molar-refractivity contribution is 6.74. The molecule has 0 amide bonds. The van der Waals surface area contributed by atoms with Crippen LogP contribution in [0.5, 0.6) is 0 Å². The average Bonchev–Trinajstić information content (AvgIpc) is 2.83. The van der Waals surface area contributed by atoms with Crippen molar-refractivity contribution in [3.05, 3.63) is 52.2 Å². The number of aliphatic carboxylic acids is 1. The van der Waals surface area contributed by atoms with Crippen molar-refractivity contribution >= 4 is 34.8 Å². The summed E-state index contributed by atoms with van der Waals surface area (Å²) < 4.78 is 13.6. The minimum atomic E-state index is -1.99. The van der Waals surface area contributed by atoms with E-state index >= 15 is 0 Å². The van der Waals surface area contributed by atoms with Crippen LogP contribution in [0.2, 0.25) is 36.3 Å². The summed E-state index contributed by atoms with van der Waals surface area (Å²) >= 11 is 0. The van der Waals surface area contributed by atoms with Gasteiger partial charge in [-0.25, -0.2) is 0 Å². The number of aryl methyl sites for hydroxylation is 1. The molecule has 0 fully saturated rings. The fourth-order valence-corrected chi connectivity index (χ4v) is 6.65. The van der Waals surface area contributed by atoms with Crippen molar-refractivity contribution in [3.8, 4) is 11.1 Å². The first-order valence-corrected chi connectivity index (χ1v) is 20.4. The van der Waals surface area contributed by atoms with E-state index in [-0.39, 0.29) is 22.6 Å². The number of carbonyl (C=O) groups is 1. The number of carboxylic acid groups (broad SMARTS) is 1. The van der Waals surface area contributed by atoms with Crippen LogP contribution in [-0.2, 0) is 26.5 Å². The second kappa shape index (κ2) is 13.3. The van der Waals surface area contributed by atoms with Crippen LogP contribution in [0.4, 0.5) is 0 Å². The lowest BCUT2D eigenvalue weighted by molar-refractivity contribution is -0.136. The van der Waals surface area contributed by atoms with Gasteiger partial charge in [0, 0.05) is 11.4 Å². The van der Waals surface area contributed by atoms with Crippen LogP contribution in [0.3, 0.4) is 0 Å². The van der Waals surface area contributed by atoms with Crippen LogP contribution in [0.1, 0.15) is 72.9 Å². The number of nitrogens with zero attached hydrogens (tertiary/aromatic N) is 1. The summed E-state index contributed by atoms with van der Waals surface area (Å²) in [5.41, 5.74) is 3.90. The molecule has 2 aromatic rings. The molecule has 40 heavy (non-hydrogen) atoms. The van der Waals surface area contributed by atoms with Crippen LogP contribution >= 0.6 is 0 Å². The molecule has 0 aliphatic rings. The Labute approximate surface area is 245 Å². The van der Waals surface area contributed by atoms with Gasteiger partial charge in [0.2, 0.25) is 0 Å². The Morgan fingerprint density at radius 2 is 1.62 bits per heavy atom. The van der Waals surface area contributed by atoms with Crippen LogP contribution in [-0.4, -0.2) is 45.4 Å². The molecule has 0 aliphatic carbocycles. The van der Waals surface area contributed by atoms with Crippen molar-refractivity contribution in [2.45, 2.75) is 117 Å². The van der Waals surface area contributed by atoms with E-state index in [1.54, 1.807) is 6.20 Å². The standard InChI is InChI=1S/C33H53NO4Si2/c1-13-28-29(14-2)34-22-26(21-30(35)36)31(28)25-17-15-16-24(20-25)18-19-27(38-40(11,12)33(6,7)8)23-37-39(9,10)32(3,4)5/h13-17,20,22,27H,18-19,21,23H2,1-12H3,(H,35,36). The molecule has 5 nitrogen and oxygen atoms in total. The molecule has 1 aromatic heterocycles. The van der Waals surface area contributed by atoms with E-state index < -0.39 is 22.6 Å². The van der Waals surface area contributed by atoms with Gasteiger partial charge in [-0.3, -0.25) is 9.78 Å². The molecule has 222 valence electrons. The Balaban J connectivity index is 2.43. The van der Waals surface area contributed by atoms with E-state index in [4.69, 9.17) is 8.85 Å². The van der Waals surface area contributed by atoms with Gasteiger partial charge in [0.25, 0.3) is 0 Å². The lowest BCUT2D eigenvalue weighted by Gasteiger charge is -2.41. The van der Waals surface area contributed by atoms with E-state index in [1.807, 2.05) is 26.0 Å². The van der Waals surface area contributed by atoms with Gasteiger partial charge in [0.1, 0.15) is 0 Å². The minimum absolute atomic E-state index is 0.0167. The minimum Gasteiger partial charge on any atom is -0.481 e. The van der Waals surface area contributed by atoms with E-state index in [9.17, 15) is 9.90 Å². The maximum absolute atomic E-state index is 11.7. The quantitative estimate of drug-likeness (QED) is 0.281. The largest absolute Gasteiger partial charge is 0.481 e. The maximum Gasteiger partial charge on any atom is 0.307 e. The van der Waals surface area contributed by atoms with Crippen molar-refractivity contribution in [2.75, 3.05) is 6.61 Å². The molecule has 1 aromatic carbocycles. The first-order chi connectivity index (χ1) is 18.3. The van der Waals surface area contributed by atoms with Crippen LogP contribution in [0.15, 0.2) is 30.5 Å². The van der Waals surface area contributed by atoms with E-state index in [0.29, 0.717) is 6.61 Å². The zero-order valence-electron chi connectivity index (χ0n) is 27.1. The molecule has 0 saturated carbocycles. The Hall–Kier alpha value is -2.07. The Bertz CT molecular complexity index is 1290. The number of aromatic nitrogens is 1. The number of benzene rings is 1. The van der Waals surface area contributed by atoms with Gasteiger partial charge in [-0.2, -0.15) is 0 Å². The number of hydrogen-bond donors (Lipinski definition) is 1. The highest BCUT2D eigenvalue weighted by Crippen LogP contribution is 2.39. The molecule has 7 heteroatoms. The summed E-state index contributed by atoms with van der Waals surface area (Å²) in [6.07, 6.45) is 7.37. The molecule has 1 heterocycles. The van der Waals surface area contributed by atoms with E-state index in [0.717, 1.165) is 40.1 Å². The Morgan fingerprint density at radius 3 is 2.15 bits per heavy atom. The van der Waals surface area contributed by atoms with Gasteiger partial charge in [0.05, 0.1) is 24.5 Å². The number of carboxylic acids is 1. The monoisotopic (exact) mass is 583 g/mol. The highest BCUT2D eigenvalue weighted by atomic mass is 28.4. The summed E-state index contributed by atoms with van der Waals surface area (Å²) in [5, 5.41) is 11.7. The fourth-order valence-electron chi connectivity index (χ4n) is 4.24. The van der Waals surface area contributed by atoms with Crippen molar-refractivity contribution in [1.29, 1.82) is 0 Å². The van der Waals surface area contributed by atoms with Gasteiger partial charge in [-0.15, -0.1) is 0 Å². The summed E-state index contributed by atoms with van der Waals surface area (Å²) in [4.78, 5) is 16.2. The molecular weight excluding hydrogens is 531 g/mol. The van der Waals surface area contributed by atoms with Crippen molar-refractivity contribution < 1.29 is 18.8 Å². The first-order valence-electron chi connectivity index (χ1n) is 14.6. The predicted molar refractivity (Wildman–Crippen MR) is 174 cm³/mol. The molecule has 0 radical (unpaired) electrons. The normalized spacial score (nSPS) is 15.0. The van der Waals surface area contributed by atoms with Crippen molar-refractivity contribution in [3.63, 3.8) is 0 Å². The summed E-state index contributed by atoms with van der Waals surface area (Å²) in [6.45, 7) is 27.4. The number of rotatable bonds is 11. The predicted octanol–water partition coefficient (Wildman–Crippen LogP) is 7.32. The molecule has 1 atom stereocenters. The molecular formula is C33H53NO4Si2. The first kappa shape index (κ1) is 34.1. The zero-order chi connectivity index (χ0) is 30.5. The molecule has 0 aliphatic heterocycles. The summed E-state index contributed by atoms with van der Waals surface area (Å²) in [5.74, 6) is -0.859. The SMILES string of the molecule is CC=c1ncc(CC(=O)O)c(-c2cccc(CCC(CO[Si](C)(C)C(C)(C)C)O[Si](C)(C)C(C)(C)C)c2)c1=CC. The van der Waals surface area contributed by atoms with Crippen LogP contribution in [0, 0.1) is 0 Å². The third-order valence-corrected chi connectivity index (χ3v) is 17.8. The summed E-state index contributed by atoms with van der Waals surface area (Å²) in [6, 6.07) is 8.49. The van der Waals surface area contributed by atoms with Crippen LogP contribution < -0.4 is 10.6 Å². The molecule has 2 rings (SSSR count). The molecule has 1 unspecified atom stereocenters. The molecule has 1 N–H and O–H groups in total. The van der Waals surface area contributed by atoms with E-state index in [1.165, 1.54) is 5.56 Å². The lowest BCUT2D eigenvalue weighted by Crippen LogP contribution is -2.48. The third-order valence-electron chi connectivity index (χ3n) is 8.80. The van der Waals surface area contributed by atoms with Crippen LogP contribution in [0.25, 0.3) is 23.3 Å². The van der Waals surface area contributed by atoms with E-state index in [2.05, 4.69) is 97.0 Å². The highest BCUT2D eigenvalue weighted by Gasteiger charge is 2.41. The molecule has 0 bridgehead atoms. The number of pyridine rings is 1. The van der Waals surface area contributed by atoms with Gasteiger partial charge >= 0.3 is 5.97 Å². The van der Waals surface area contributed by atoms with Gasteiger partial charge in [0.15, 0.2) is 16.6 Å². The topological polar surface area (TPSA) is 68.7 Å². The zero-order valence-corrected chi connectivity index (χ0v) is 29.1. The second-order valence-corrected chi connectivity index (χ2v) is 23.5. The maximum atomic E-state index is 11.7. The van der Waals surface area contributed by atoms with Gasteiger partial charge in [-0.05, 0) is 85.2 Å². The fraction of sp³-hybridized carbons (Fsp3) is 0.576. The molecule has 0 spiro atoms. The van der Waals surface area contributed by atoms with Gasteiger partial charge in [-0.1, -0.05) is 78.0 Å². The lowest BCUT2D eigenvalue weighted by atomic mass is 9.94. The van der Waals surface area contributed by atoms with Gasteiger partial charge < -0.3 is 14.0 Å². The van der Waals surface area contributed by atoms with Crippen molar-refractivity contribution in [1.82, 2.24) is 4.98 Å². The number of hydrogen-bond acceptors (Lipinski definition) is 4. The Kier molecular flexibility index (Phi) is 11.3. The van der Waals surface area contributed by atoms with Crippen molar-refractivity contribution in [2.24, 2.45) is 0 Å². The molecule has 0 saturated heterocycles. The Morgan fingerprint density at radius 1 is 1.00 bits per heavy atom. The second-order valence-electron chi connectivity index (χ2n) is 13.9. The average molecular weight is 584 g/mol.